The summed E-state index contributed by atoms with van der Waals surface area (Å²) in [5.41, 5.74) is 7.48. The minimum Gasteiger partial charge on any atom is -0.398 e. The highest BCUT2D eigenvalue weighted by atomic mass is 16.6. The van der Waals surface area contributed by atoms with E-state index in [0.717, 1.165) is 18.7 Å². The van der Waals surface area contributed by atoms with Crippen molar-refractivity contribution in [2.75, 3.05) is 18.8 Å². The summed E-state index contributed by atoms with van der Waals surface area (Å²) >= 11 is 0. The van der Waals surface area contributed by atoms with E-state index in [9.17, 15) is 10.1 Å². The van der Waals surface area contributed by atoms with Gasteiger partial charge in [0.25, 0.3) is 5.69 Å². The van der Waals surface area contributed by atoms with Crippen molar-refractivity contribution in [2.45, 2.75) is 25.8 Å². The molecule has 1 aromatic carbocycles. The molecule has 0 unspecified atom stereocenters. The predicted octanol–water partition coefficient (Wildman–Crippen LogP) is 2.16. The first-order valence-corrected chi connectivity index (χ1v) is 5.92. The molecular formula is C12H17N3O2. The van der Waals surface area contributed by atoms with Crippen molar-refractivity contribution in [3.8, 4) is 0 Å². The van der Waals surface area contributed by atoms with Crippen LogP contribution in [0.3, 0.4) is 0 Å². The molecule has 1 saturated heterocycles. The van der Waals surface area contributed by atoms with Gasteiger partial charge in [-0.25, -0.2) is 0 Å². The minimum atomic E-state index is -0.376. The summed E-state index contributed by atoms with van der Waals surface area (Å²) in [6.45, 7) is 2.83. The zero-order valence-corrected chi connectivity index (χ0v) is 9.76. The SMILES string of the molecule is Nc1ccc([N+](=O)[O-])cc1CN1CCCCC1. The van der Waals surface area contributed by atoms with Crippen LogP contribution in [0, 0.1) is 10.1 Å². The Labute approximate surface area is 100 Å². The number of piperidine rings is 1. The quantitative estimate of drug-likeness (QED) is 0.495. The van der Waals surface area contributed by atoms with Crippen molar-refractivity contribution >= 4 is 11.4 Å². The molecule has 5 heteroatoms. The Morgan fingerprint density at radius 1 is 1.29 bits per heavy atom. The minimum absolute atomic E-state index is 0.117. The van der Waals surface area contributed by atoms with E-state index < -0.39 is 0 Å². The molecule has 0 bridgehead atoms. The molecule has 92 valence electrons. The number of nitro benzene ring substituents is 1. The summed E-state index contributed by atoms with van der Waals surface area (Å²) in [5.74, 6) is 0. The van der Waals surface area contributed by atoms with Crippen LogP contribution in [0.15, 0.2) is 18.2 Å². The van der Waals surface area contributed by atoms with E-state index in [0.29, 0.717) is 12.2 Å². The van der Waals surface area contributed by atoms with Gasteiger partial charge >= 0.3 is 0 Å². The van der Waals surface area contributed by atoms with Gasteiger partial charge in [0, 0.05) is 24.4 Å². The Morgan fingerprint density at radius 3 is 2.65 bits per heavy atom. The molecule has 1 fully saturated rings. The monoisotopic (exact) mass is 235 g/mol. The lowest BCUT2D eigenvalue weighted by atomic mass is 10.1. The maximum atomic E-state index is 10.7. The van der Waals surface area contributed by atoms with E-state index >= 15 is 0 Å². The maximum absolute atomic E-state index is 10.7. The number of nitrogens with two attached hydrogens (primary N) is 1. The van der Waals surface area contributed by atoms with Gasteiger partial charge in [0.1, 0.15) is 0 Å². The number of benzene rings is 1. The number of likely N-dealkylation sites (tertiary alicyclic amines) is 1. The van der Waals surface area contributed by atoms with Crippen molar-refractivity contribution < 1.29 is 4.92 Å². The lowest BCUT2D eigenvalue weighted by molar-refractivity contribution is -0.384. The molecule has 17 heavy (non-hydrogen) atoms. The van der Waals surface area contributed by atoms with Gasteiger partial charge in [0.15, 0.2) is 0 Å². The normalized spacial score (nSPS) is 16.9. The molecule has 2 N–H and O–H groups in total. The van der Waals surface area contributed by atoms with Crippen LogP contribution in [0.5, 0.6) is 0 Å². The van der Waals surface area contributed by atoms with Gasteiger partial charge in [-0.05, 0) is 37.6 Å². The summed E-state index contributed by atoms with van der Waals surface area (Å²) < 4.78 is 0. The van der Waals surface area contributed by atoms with Crippen LogP contribution in [0.2, 0.25) is 0 Å². The van der Waals surface area contributed by atoms with Crippen molar-refractivity contribution in [2.24, 2.45) is 0 Å². The van der Waals surface area contributed by atoms with Gasteiger partial charge in [-0.15, -0.1) is 0 Å². The first-order valence-electron chi connectivity index (χ1n) is 5.92. The summed E-state index contributed by atoms with van der Waals surface area (Å²) in [5, 5.41) is 10.7. The number of non-ortho nitro benzene ring substituents is 1. The zero-order valence-electron chi connectivity index (χ0n) is 9.76. The van der Waals surface area contributed by atoms with Gasteiger partial charge in [-0.2, -0.15) is 0 Å². The molecule has 2 rings (SSSR count). The van der Waals surface area contributed by atoms with Crippen LogP contribution < -0.4 is 5.73 Å². The molecule has 0 aliphatic carbocycles. The highest BCUT2D eigenvalue weighted by Gasteiger charge is 2.14. The van der Waals surface area contributed by atoms with Gasteiger partial charge in [-0.3, -0.25) is 15.0 Å². The lowest BCUT2D eigenvalue weighted by Gasteiger charge is -2.26. The molecule has 5 nitrogen and oxygen atoms in total. The van der Waals surface area contributed by atoms with Crippen molar-refractivity contribution in [1.82, 2.24) is 4.90 Å². The second-order valence-electron chi connectivity index (χ2n) is 4.48. The van der Waals surface area contributed by atoms with Crippen molar-refractivity contribution in [3.05, 3.63) is 33.9 Å². The third-order valence-corrected chi connectivity index (χ3v) is 3.18. The predicted molar refractivity (Wildman–Crippen MR) is 66.6 cm³/mol. The first-order chi connectivity index (χ1) is 8.16. The number of nitro groups is 1. The van der Waals surface area contributed by atoms with Crippen LogP contribution in [-0.4, -0.2) is 22.9 Å². The number of nitrogens with zero attached hydrogens (tertiary/aromatic N) is 2. The number of anilines is 1. The number of hydrogen-bond acceptors (Lipinski definition) is 4. The highest BCUT2D eigenvalue weighted by molar-refractivity contribution is 5.52. The summed E-state index contributed by atoms with van der Waals surface area (Å²) in [6, 6.07) is 4.66. The third kappa shape index (κ3) is 2.94. The van der Waals surface area contributed by atoms with E-state index in [2.05, 4.69) is 4.90 Å². The molecule has 0 aromatic heterocycles. The molecule has 0 radical (unpaired) electrons. The molecule has 0 spiro atoms. The zero-order chi connectivity index (χ0) is 12.3. The summed E-state index contributed by atoms with van der Waals surface area (Å²) in [7, 11) is 0. The van der Waals surface area contributed by atoms with E-state index in [1.165, 1.54) is 25.3 Å². The Balaban J connectivity index is 2.13. The number of rotatable bonds is 3. The van der Waals surface area contributed by atoms with E-state index in [1.807, 2.05) is 0 Å². The Hall–Kier alpha value is -1.62. The molecule has 1 aliphatic heterocycles. The Kier molecular flexibility index (Phi) is 3.58. The molecule has 0 atom stereocenters. The largest absolute Gasteiger partial charge is 0.398 e. The third-order valence-electron chi connectivity index (χ3n) is 3.18. The summed E-state index contributed by atoms with van der Waals surface area (Å²) in [6.07, 6.45) is 3.69. The first kappa shape index (κ1) is 11.9. The van der Waals surface area contributed by atoms with Gasteiger partial charge < -0.3 is 5.73 Å². The maximum Gasteiger partial charge on any atom is 0.269 e. The fraction of sp³-hybridized carbons (Fsp3) is 0.500. The highest BCUT2D eigenvalue weighted by Crippen LogP contribution is 2.22. The Bertz CT molecular complexity index is 414. The summed E-state index contributed by atoms with van der Waals surface area (Å²) in [4.78, 5) is 12.6. The van der Waals surface area contributed by atoms with Crippen LogP contribution in [0.4, 0.5) is 11.4 Å². The second-order valence-corrected chi connectivity index (χ2v) is 4.48. The molecule has 1 heterocycles. The van der Waals surface area contributed by atoms with E-state index in [4.69, 9.17) is 5.73 Å². The smallest absolute Gasteiger partial charge is 0.269 e. The van der Waals surface area contributed by atoms with Gasteiger partial charge in [0.05, 0.1) is 4.92 Å². The van der Waals surface area contributed by atoms with Crippen LogP contribution in [0.25, 0.3) is 0 Å². The fourth-order valence-electron chi connectivity index (χ4n) is 2.20. The molecule has 1 aliphatic rings. The molecular weight excluding hydrogens is 218 g/mol. The average Bonchev–Trinajstić information content (AvgIpc) is 2.33. The second kappa shape index (κ2) is 5.14. The standard InChI is InChI=1S/C12H17N3O2/c13-12-5-4-11(15(16)17)8-10(12)9-14-6-2-1-3-7-14/h4-5,8H,1-3,6-7,9,13H2. The van der Waals surface area contributed by atoms with E-state index in [-0.39, 0.29) is 10.6 Å². The van der Waals surface area contributed by atoms with Gasteiger partial charge in [-0.1, -0.05) is 6.42 Å². The molecule has 1 aromatic rings. The number of nitrogen functional groups attached to an aromatic ring is 1. The van der Waals surface area contributed by atoms with Crippen molar-refractivity contribution in [3.63, 3.8) is 0 Å². The van der Waals surface area contributed by atoms with Gasteiger partial charge in [0.2, 0.25) is 0 Å². The number of hydrogen-bond donors (Lipinski definition) is 1. The Morgan fingerprint density at radius 2 is 2.00 bits per heavy atom. The lowest BCUT2D eigenvalue weighted by Crippen LogP contribution is -2.29. The average molecular weight is 235 g/mol. The molecule has 0 saturated carbocycles. The molecule has 0 amide bonds. The topological polar surface area (TPSA) is 72.4 Å². The van der Waals surface area contributed by atoms with Crippen LogP contribution >= 0.6 is 0 Å². The van der Waals surface area contributed by atoms with Crippen molar-refractivity contribution in [1.29, 1.82) is 0 Å². The van der Waals surface area contributed by atoms with Crippen LogP contribution in [-0.2, 0) is 6.54 Å². The van der Waals surface area contributed by atoms with Crippen LogP contribution in [0.1, 0.15) is 24.8 Å². The fourth-order valence-corrected chi connectivity index (χ4v) is 2.20. The van der Waals surface area contributed by atoms with E-state index in [1.54, 1.807) is 12.1 Å².